The van der Waals surface area contributed by atoms with Crippen molar-refractivity contribution in [1.82, 2.24) is 0 Å². The smallest absolute Gasteiger partial charge is 0.206 e. The van der Waals surface area contributed by atoms with E-state index in [0.717, 1.165) is 29.5 Å². The third-order valence-electron chi connectivity index (χ3n) is 5.43. The van der Waals surface area contributed by atoms with Gasteiger partial charge in [-0.1, -0.05) is 80.0 Å². The lowest BCUT2D eigenvalue weighted by atomic mass is 9.84. The minimum atomic E-state index is -3.55. The summed E-state index contributed by atoms with van der Waals surface area (Å²) in [5.41, 5.74) is 3.20. The zero-order chi connectivity index (χ0) is 21.3. The van der Waals surface area contributed by atoms with Crippen LogP contribution in [0.2, 0.25) is 0 Å². The topological polar surface area (TPSA) is 34.1 Å². The van der Waals surface area contributed by atoms with E-state index in [-0.39, 0.29) is 10.8 Å². The van der Waals surface area contributed by atoms with E-state index in [1.54, 1.807) is 12.1 Å². The van der Waals surface area contributed by atoms with Crippen LogP contribution in [0.4, 0.5) is 0 Å². The minimum absolute atomic E-state index is 0.00278. The second kappa shape index (κ2) is 8.02. The van der Waals surface area contributed by atoms with Crippen LogP contribution in [0.25, 0.3) is 0 Å². The van der Waals surface area contributed by atoms with Crippen molar-refractivity contribution < 1.29 is 8.42 Å². The molecule has 1 unspecified atom stereocenters. The quantitative estimate of drug-likeness (QED) is 0.540. The molecule has 3 heteroatoms. The van der Waals surface area contributed by atoms with Crippen molar-refractivity contribution in [2.24, 2.45) is 0 Å². The summed E-state index contributed by atoms with van der Waals surface area (Å²) in [4.78, 5) is 0.766. The normalized spacial score (nSPS) is 14.1. The first kappa shape index (κ1) is 22.7. The van der Waals surface area contributed by atoms with Gasteiger partial charge in [0, 0.05) is 0 Å². The molecule has 0 saturated carbocycles. The van der Waals surface area contributed by atoms with Crippen LogP contribution in [0, 0.1) is 0 Å². The van der Waals surface area contributed by atoms with Crippen molar-refractivity contribution in [3.05, 3.63) is 59.2 Å². The van der Waals surface area contributed by atoms with Crippen molar-refractivity contribution >= 4 is 9.84 Å². The second-order valence-electron chi connectivity index (χ2n) is 10.0. The first-order chi connectivity index (χ1) is 12.8. The first-order valence-electron chi connectivity index (χ1n) is 10.3. The largest absolute Gasteiger partial charge is 0.219 e. The highest BCUT2D eigenvalue weighted by Crippen LogP contribution is 2.33. The lowest BCUT2D eigenvalue weighted by Crippen LogP contribution is -2.14. The van der Waals surface area contributed by atoms with Gasteiger partial charge in [-0.05, 0) is 64.1 Å². The molecule has 154 valence electrons. The maximum absolute atomic E-state index is 13.4. The highest BCUT2D eigenvalue weighted by Gasteiger charge is 2.24. The van der Waals surface area contributed by atoms with E-state index in [0.29, 0.717) is 15.7 Å². The number of benzene rings is 2. The van der Waals surface area contributed by atoms with Crippen LogP contribution in [0.15, 0.2) is 52.3 Å². The Hall–Kier alpha value is -1.61. The van der Waals surface area contributed by atoms with E-state index in [4.69, 9.17) is 0 Å². The molecule has 0 fully saturated rings. The molecule has 0 heterocycles. The van der Waals surface area contributed by atoms with Gasteiger partial charge in [0.25, 0.3) is 0 Å². The Bertz CT molecular complexity index is 909. The van der Waals surface area contributed by atoms with Gasteiger partial charge in [0.2, 0.25) is 9.84 Å². The fraction of sp³-hybridized carbons (Fsp3) is 0.520. The predicted molar refractivity (Wildman–Crippen MR) is 119 cm³/mol. The van der Waals surface area contributed by atoms with Crippen molar-refractivity contribution in [3.8, 4) is 0 Å². The zero-order valence-electron chi connectivity index (χ0n) is 18.8. The standard InChI is InChI=1S/C25H36O2S/c1-9-10-18(2)19-15-21(25(6,7)8)17-23(16-19)28(26,27)22-13-11-20(12-14-22)24(3,4)5/h11-18H,9-10H2,1-8H3. The predicted octanol–water partition coefficient (Wildman–Crippen LogP) is 7.02. The van der Waals surface area contributed by atoms with E-state index < -0.39 is 9.84 Å². The van der Waals surface area contributed by atoms with E-state index in [2.05, 4.69) is 61.5 Å². The Morgan fingerprint density at radius 1 is 0.786 bits per heavy atom. The van der Waals surface area contributed by atoms with Crippen molar-refractivity contribution in [1.29, 1.82) is 0 Å². The third kappa shape index (κ3) is 5.05. The Kier molecular flexibility index (Phi) is 6.50. The number of hydrogen-bond donors (Lipinski definition) is 0. The molecule has 0 aliphatic carbocycles. The molecule has 2 aromatic rings. The molecule has 0 N–H and O–H groups in total. The SMILES string of the molecule is CCCC(C)c1cc(C(C)(C)C)cc(S(=O)(=O)c2ccc(C(C)(C)C)cc2)c1. The van der Waals surface area contributed by atoms with Crippen LogP contribution in [0.5, 0.6) is 0 Å². The summed E-state index contributed by atoms with van der Waals surface area (Å²) in [6.45, 7) is 17.1. The van der Waals surface area contributed by atoms with Crippen LogP contribution in [0.1, 0.15) is 90.8 Å². The molecule has 28 heavy (non-hydrogen) atoms. The summed E-state index contributed by atoms with van der Waals surface area (Å²) in [6.07, 6.45) is 2.13. The fourth-order valence-electron chi connectivity index (χ4n) is 3.36. The Balaban J connectivity index is 2.59. The van der Waals surface area contributed by atoms with E-state index >= 15 is 0 Å². The summed E-state index contributed by atoms with van der Waals surface area (Å²) in [5.74, 6) is 0.338. The van der Waals surface area contributed by atoms with Crippen LogP contribution >= 0.6 is 0 Å². The molecule has 0 aromatic heterocycles. The van der Waals surface area contributed by atoms with Gasteiger partial charge in [0.05, 0.1) is 9.79 Å². The van der Waals surface area contributed by atoms with E-state index in [9.17, 15) is 8.42 Å². The summed E-state index contributed by atoms with van der Waals surface area (Å²) in [7, 11) is -3.55. The van der Waals surface area contributed by atoms with Gasteiger partial charge in [0.1, 0.15) is 0 Å². The van der Waals surface area contributed by atoms with Crippen molar-refractivity contribution in [2.45, 2.75) is 94.8 Å². The van der Waals surface area contributed by atoms with Gasteiger partial charge in [-0.25, -0.2) is 8.42 Å². The van der Waals surface area contributed by atoms with E-state index in [1.807, 2.05) is 24.3 Å². The number of hydrogen-bond acceptors (Lipinski definition) is 2. The first-order valence-corrected chi connectivity index (χ1v) is 11.8. The second-order valence-corrected chi connectivity index (χ2v) is 12.0. The molecular weight excluding hydrogens is 364 g/mol. The maximum Gasteiger partial charge on any atom is 0.206 e. The highest BCUT2D eigenvalue weighted by molar-refractivity contribution is 7.91. The Morgan fingerprint density at radius 3 is 1.79 bits per heavy atom. The molecule has 0 aliphatic rings. The molecule has 2 nitrogen and oxygen atoms in total. The van der Waals surface area contributed by atoms with Crippen LogP contribution in [0.3, 0.4) is 0 Å². The zero-order valence-corrected chi connectivity index (χ0v) is 19.6. The van der Waals surface area contributed by atoms with E-state index in [1.165, 1.54) is 0 Å². The summed E-state index contributed by atoms with van der Waals surface area (Å²) >= 11 is 0. The molecule has 0 saturated heterocycles. The highest BCUT2D eigenvalue weighted by atomic mass is 32.2. The van der Waals surface area contributed by atoms with Crippen molar-refractivity contribution in [3.63, 3.8) is 0 Å². The molecule has 0 aliphatic heterocycles. The minimum Gasteiger partial charge on any atom is -0.219 e. The average molecular weight is 401 g/mol. The van der Waals surface area contributed by atoms with Gasteiger partial charge >= 0.3 is 0 Å². The number of sulfone groups is 1. The molecule has 1 atom stereocenters. The number of rotatable bonds is 5. The van der Waals surface area contributed by atoms with Gasteiger partial charge in [-0.3, -0.25) is 0 Å². The van der Waals surface area contributed by atoms with Crippen LogP contribution < -0.4 is 0 Å². The summed E-state index contributed by atoms with van der Waals surface area (Å²) in [6, 6.07) is 13.3. The lowest BCUT2D eigenvalue weighted by molar-refractivity contribution is 0.578. The monoisotopic (exact) mass is 400 g/mol. The molecular formula is C25H36O2S. The molecule has 0 spiro atoms. The van der Waals surface area contributed by atoms with Gasteiger partial charge in [-0.15, -0.1) is 0 Å². The average Bonchev–Trinajstić information content (AvgIpc) is 2.60. The summed E-state index contributed by atoms with van der Waals surface area (Å²) in [5, 5.41) is 0. The van der Waals surface area contributed by atoms with Crippen LogP contribution in [-0.2, 0) is 20.7 Å². The molecule has 0 bridgehead atoms. The van der Waals surface area contributed by atoms with Crippen LogP contribution in [-0.4, -0.2) is 8.42 Å². The molecule has 0 radical (unpaired) electrons. The van der Waals surface area contributed by atoms with Crippen molar-refractivity contribution in [2.75, 3.05) is 0 Å². The maximum atomic E-state index is 13.4. The van der Waals surface area contributed by atoms with Gasteiger partial charge in [0.15, 0.2) is 0 Å². The van der Waals surface area contributed by atoms with Gasteiger partial charge < -0.3 is 0 Å². The lowest BCUT2D eigenvalue weighted by Gasteiger charge is -2.23. The fourth-order valence-corrected chi connectivity index (χ4v) is 4.70. The summed E-state index contributed by atoms with van der Waals surface area (Å²) < 4.78 is 26.8. The van der Waals surface area contributed by atoms with Gasteiger partial charge in [-0.2, -0.15) is 0 Å². The molecule has 2 rings (SSSR count). The Labute approximate surface area is 172 Å². The molecule has 2 aromatic carbocycles. The Morgan fingerprint density at radius 2 is 1.32 bits per heavy atom. The molecule has 0 amide bonds. The third-order valence-corrected chi connectivity index (χ3v) is 7.18.